The minimum absolute atomic E-state index is 0. The van der Waals surface area contributed by atoms with E-state index < -0.39 is 7.26 Å². The van der Waals surface area contributed by atoms with Gasteiger partial charge in [0.25, 0.3) is 5.69 Å². The van der Waals surface area contributed by atoms with Crippen LogP contribution >= 0.6 is 7.26 Å². The van der Waals surface area contributed by atoms with Crippen LogP contribution in [0.25, 0.3) is 0 Å². The van der Waals surface area contributed by atoms with Crippen LogP contribution in [0.2, 0.25) is 0 Å². The summed E-state index contributed by atoms with van der Waals surface area (Å²) in [5, 5.41) is 13.8. The minimum Gasteiger partial charge on any atom is -1.00 e. The van der Waals surface area contributed by atoms with Crippen LogP contribution < -0.4 is 27.6 Å². The summed E-state index contributed by atoms with van der Waals surface area (Å²) in [4.78, 5) is 10.8. The number of rotatable bonds is 7. The molecule has 4 rings (SSSR count). The first-order valence-corrected chi connectivity index (χ1v) is 12.1. The SMILES string of the molecule is O=[N+]([O-])c1ccc(C[P+](Cc2ccccc2)(c2ccccc2)c2ccccc2)cc1.[Br-]. The second-order valence-corrected chi connectivity index (χ2v) is 11.0. The molecule has 4 aromatic rings. The quantitative estimate of drug-likeness (QED) is 0.226. The Balaban J connectivity index is 0.00000272. The van der Waals surface area contributed by atoms with Crippen LogP contribution in [-0.2, 0) is 12.3 Å². The fraction of sp³-hybridized carbons (Fsp3) is 0.0769. The van der Waals surface area contributed by atoms with Gasteiger partial charge in [-0.25, -0.2) is 0 Å². The van der Waals surface area contributed by atoms with Gasteiger partial charge in [0.05, 0.1) is 35.1 Å². The summed E-state index contributed by atoms with van der Waals surface area (Å²) in [7, 11) is -1.85. The van der Waals surface area contributed by atoms with Crippen molar-refractivity contribution < 1.29 is 21.9 Å². The van der Waals surface area contributed by atoms with E-state index >= 15 is 0 Å². The zero-order valence-corrected chi connectivity index (χ0v) is 19.5. The third-order valence-corrected chi connectivity index (χ3v) is 9.78. The largest absolute Gasteiger partial charge is 1.00 e. The first-order chi connectivity index (χ1) is 14.7. The van der Waals surface area contributed by atoms with Gasteiger partial charge in [0.15, 0.2) is 0 Å². The van der Waals surface area contributed by atoms with Crippen molar-refractivity contribution in [1.29, 1.82) is 0 Å². The second kappa shape index (κ2) is 10.5. The van der Waals surface area contributed by atoms with Gasteiger partial charge >= 0.3 is 0 Å². The van der Waals surface area contributed by atoms with Crippen molar-refractivity contribution in [3.63, 3.8) is 0 Å². The van der Waals surface area contributed by atoms with Gasteiger partial charge in [-0.05, 0) is 47.5 Å². The Hall–Kier alpha value is -2.81. The summed E-state index contributed by atoms with van der Waals surface area (Å²) in [6.45, 7) is 0. The number of non-ortho nitro benzene ring substituents is 1. The van der Waals surface area contributed by atoms with Gasteiger partial charge in [0.2, 0.25) is 0 Å². The Kier molecular flexibility index (Phi) is 7.73. The summed E-state index contributed by atoms with van der Waals surface area (Å²) in [6.07, 6.45) is 1.80. The normalized spacial score (nSPS) is 10.8. The molecule has 156 valence electrons. The summed E-state index contributed by atoms with van der Waals surface area (Å²) >= 11 is 0. The molecule has 3 nitrogen and oxygen atoms in total. The van der Waals surface area contributed by atoms with Crippen molar-refractivity contribution in [2.75, 3.05) is 0 Å². The lowest BCUT2D eigenvalue weighted by Crippen LogP contribution is -3.00. The Bertz CT molecular complexity index is 1060. The average Bonchev–Trinajstić information content (AvgIpc) is 2.81. The van der Waals surface area contributed by atoms with Gasteiger partial charge in [-0.3, -0.25) is 10.1 Å². The van der Waals surface area contributed by atoms with Crippen molar-refractivity contribution in [3.8, 4) is 0 Å². The number of hydrogen-bond acceptors (Lipinski definition) is 2. The molecule has 0 amide bonds. The summed E-state index contributed by atoms with van der Waals surface area (Å²) in [5.74, 6) is 0. The molecule has 0 heterocycles. The van der Waals surface area contributed by atoms with Gasteiger partial charge in [0, 0.05) is 12.1 Å². The highest BCUT2D eigenvalue weighted by Crippen LogP contribution is 2.61. The molecule has 0 saturated carbocycles. The average molecular weight is 492 g/mol. The topological polar surface area (TPSA) is 43.1 Å². The van der Waals surface area contributed by atoms with E-state index in [1.54, 1.807) is 12.1 Å². The van der Waals surface area contributed by atoms with Gasteiger partial charge in [0.1, 0.15) is 0 Å². The van der Waals surface area contributed by atoms with Gasteiger partial charge in [-0.15, -0.1) is 0 Å². The predicted molar refractivity (Wildman–Crippen MR) is 126 cm³/mol. The molecule has 0 bridgehead atoms. The van der Waals surface area contributed by atoms with E-state index in [0.717, 1.165) is 17.9 Å². The summed E-state index contributed by atoms with van der Waals surface area (Å²) < 4.78 is 0. The first kappa shape index (κ1) is 22.9. The summed E-state index contributed by atoms with van der Waals surface area (Å²) in [6, 6.07) is 39.1. The highest BCUT2D eigenvalue weighted by molar-refractivity contribution is 7.88. The Morgan fingerprint density at radius 3 is 1.39 bits per heavy atom. The Labute approximate surface area is 194 Å². The number of hydrogen-bond donors (Lipinski definition) is 0. The number of nitro benzene ring substituents is 1. The van der Waals surface area contributed by atoms with E-state index in [0.29, 0.717) is 0 Å². The highest BCUT2D eigenvalue weighted by atomic mass is 79.9. The van der Waals surface area contributed by atoms with E-state index in [2.05, 4.69) is 84.9 Å². The molecule has 4 aromatic carbocycles. The molecule has 0 spiro atoms. The molecule has 0 N–H and O–H groups in total. The molecule has 0 saturated heterocycles. The predicted octanol–water partition coefficient (Wildman–Crippen LogP) is 2.97. The number of nitrogens with zero attached hydrogens (tertiary/aromatic N) is 1. The molecule has 0 aliphatic carbocycles. The minimum atomic E-state index is -1.85. The third-order valence-electron chi connectivity index (χ3n) is 5.40. The van der Waals surface area contributed by atoms with Crippen LogP contribution in [0.5, 0.6) is 0 Å². The lowest BCUT2D eigenvalue weighted by atomic mass is 10.2. The molecular weight excluding hydrogens is 469 g/mol. The van der Waals surface area contributed by atoms with Crippen molar-refractivity contribution >= 4 is 23.6 Å². The fourth-order valence-electron chi connectivity index (χ4n) is 3.93. The molecule has 31 heavy (non-hydrogen) atoms. The van der Waals surface area contributed by atoms with Crippen LogP contribution in [0.4, 0.5) is 5.69 Å². The molecule has 0 aliphatic heterocycles. The molecule has 0 aliphatic rings. The van der Waals surface area contributed by atoms with Crippen LogP contribution in [-0.4, -0.2) is 4.92 Å². The van der Waals surface area contributed by atoms with E-state index in [1.165, 1.54) is 16.2 Å². The summed E-state index contributed by atoms with van der Waals surface area (Å²) in [5.41, 5.74) is 2.56. The standard InChI is InChI=1S/C26H23NO2P.BrH/c28-27(29)24-18-16-23(17-19-24)21-30(25-12-6-2-7-13-25,26-14-8-3-9-15-26)20-22-10-4-1-5-11-22;/h1-19H,20-21H2;1H/q+1;/p-1. The molecule has 0 fully saturated rings. The first-order valence-electron chi connectivity index (χ1n) is 9.93. The van der Waals surface area contributed by atoms with E-state index in [4.69, 9.17) is 0 Å². The second-order valence-electron chi connectivity index (χ2n) is 7.36. The van der Waals surface area contributed by atoms with Gasteiger partial charge in [-0.2, -0.15) is 0 Å². The highest BCUT2D eigenvalue weighted by Gasteiger charge is 2.43. The van der Waals surface area contributed by atoms with E-state index in [1.807, 2.05) is 18.2 Å². The van der Waals surface area contributed by atoms with Crippen molar-refractivity contribution in [1.82, 2.24) is 0 Å². The fourth-order valence-corrected chi connectivity index (χ4v) is 8.22. The number of nitro groups is 1. The van der Waals surface area contributed by atoms with Crippen molar-refractivity contribution in [2.45, 2.75) is 12.3 Å². The lowest BCUT2D eigenvalue weighted by molar-refractivity contribution is -0.384. The smallest absolute Gasteiger partial charge is 0.269 e. The molecule has 0 unspecified atom stereocenters. The van der Waals surface area contributed by atoms with E-state index in [-0.39, 0.29) is 27.6 Å². The Morgan fingerprint density at radius 2 is 0.968 bits per heavy atom. The maximum atomic E-state index is 11.1. The molecular formula is C26H23BrNO2P. The molecule has 5 heteroatoms. The Morgan fingerprint density at radius 1 is 0.581 bits per heavy atom. The van der Waals surface area contributed by atoms with Gasteiger partial charge in [-0.1, -0.05) is 66.7 Å². The van der Waals surface area contributed by atoms with Crippen molar-refractivity contribution in [3.05, 3.63) is 137 Å². The van der Waals surface area contributed by atoms with Crippen molar-refractivity contribution in [2.24, 2.45) is 0 Å². The maximum Gasteiger partial charge on any atom is 0.269 e. The zero-order chi connectivity index (χ0) is 20.8. The molecule has 0 radical (unpaired) electrons. The lowest BCUT2D eigenvalue weighted by Gasteiger charge is -2.28. The van der Waals surface area contributed by atoms with Crippen LogP contribution in [0.3, 0.4) is 0 Å². The third kappa shape index (κ3) is 5.28. The zero-order valence-electron chi connectivity index (χ0n) is 17.0. The molecule has 0 atom stereocenters. The number of halogens is 1. The van der Waals surface area contributed by atoms with Gasteiger partial charge < -0.3 is 17.0 Å². The van der Waals surface area contributed by atoms with Crippen LogP contribution in [0.1, 0.15) is 11.1 Å². The molecule has 0 aromatic heterocycles. The maximum absolute atomic E-state index is 11.1. The monoisotopic (exact) mass is 491 g/mol. The van der Waals surface area contributed by atoms with Crippen LogP contribution in [0, 0.1) is 10.1 Å². The van der Waals surface area contributed by atoms with E-state index in [9.17, 15) is 10.1 Å². The van der Waals surface area contributed by atoms with Crippen LogP contribution in [0.15, 0.2) is 115 Å². The number of benzene rings is 4.